The number of para-hydroxylation sites is 1. The molecule has 8 heteroatoms. The van der Waals surface area contributed by atoms with Gasteiger partial charge in [-0.25, -0.2) is 4.79 Å². The van der Waals surface area contributed by atoms with Gasteiger partial charge >= 0.3 is 5.69 Å². The first kappa shape index (κ1) is 20.2. The van der Waals surface area contributed by atoms with Crippen LogP contribution in [0, 0.1) is 11.6 Å². The average molecular weight is 378 g/mol. The van der Waals surface area contributed by atoms with E-state index in [1.807, 2.05) is 37.3 Å². The van der Waals surface area contributed by atoms with Crippen molar-refractivity contribution in [2.24, 2.45) is 14.1 Å². The Morgan fingerprint density at radius 3 is 2.58 bits per heavy atom. The standard InChI is InChI=1S/C18H26N4O3S/c1-13-16(21(2)18(24)22(3)17(13)26)20-10-9-19-11-14(23)12-25-15-7-5-4-6-8-15/h4-8,14,19-20,23H,9-12H2,1-3H3. The monoisotopic (exact) mass is 378 g/mol. The fourth-order valence-corrected chi connectivity index (χ4v) is 2.74. The molecule has 0 spiro atoms. The minimum atomic E-state index is -0.601. The van der Waals surface area contributed by atoms with Gasteiger partial charge in [0.05, 0.1) is 0 Å². The fourth-order valence-electron chi connectivity index (χ4n) is 2.57. The number of hydrogen-bond donors (Lipinski definition) is 3. The van der Waals surface area contributed by atoms with E-state index < -0.39 is 6.10 Å². The molecular formula is C18H26N4O3S. The second-order valence-electron chi connectivity index (χ2n) is 6.09. The zero-order valence-corrected chi connectivity index (χ0v) is 16.2. The molecule has 1 heterocycles. The second-order valence-corrected chi connectivity index (χ2v) is 6.47. The molecule has 0 radical (unpaired) electrons. The van der Waals surface area contributed by atoms with Gasteiger partial charge in [-0.1, -0.05) is 30.4 Å². The number of aliphatic hydroxyl groups excluding tert-OH is 1. The van der Waals surface area contributed by atoms with Crippen molar-refractivity contribution in [3.05, 3.63) is 51.0 Å². The minimum Gasteiger partial charge on any atom is -0.491 e. The molecule has 2 aromatic rings. The first-order valence-electron chi connectivity index (χ1n) is 8.49. The lowest BCUT2D eigenvalue weighted by atomic mass is 10.3. The zero-order valence-electron chi connectivity index (χ0n) is 15.4. The molecule has 1 aromatic carbocycles. The molecule has 0 saturated heterocycles. The van der Waals surface area contributed by atoms with Gasteiger partial charge in [-0.05, 0) is 19.1 Å². The molecule has 0 saturated carbocycles. The van der Waals surface area contributed by atoms with E-state index in [1.165, 1.54) is 4.57 Å². The second kappa shape index (κ2) is 9.51. The van der Waals surface area contributed by atoms with Crippen molar-refractivity contribution in [3.63, 3.8) is 0 Å². The number of nitrogens with one attached hydrogen (secondary N) is 2. The van der Waals surface area contributed by atoms with Crippen LogP contribution in [0.2, 0.25) is 0 Å². The van der Waals surface area contributed by atoms with Crippen molar-refractivity contribution in [2.45, 2.75) is 13.0 Å². The van der Waals surface area contributed by atoms with Crippen LogP contribution in [0.25, 0.3) is 0 Å². The van der Waals surface area contributed by atoms with Crippen molar-refractivity contribution in [3.8, 4) is 5.75 Å². The van der Waals surface area contributed by atoms with Crippen LogP contribution in [0.15, 0.2) is 35.1 Å². The molecule has 0 fully saturated rings. The predicted molar refractivity (Wildman–Crippen MR) is 106 cm³/mol. The molecule has 1 atom stereocenters. The van der Waals surface area contributed by atoms with Crippen molar-refractivity contribution < 1.29 is 9.84 Å². The summed E-state index contributed by atoms with van der Waals surface area (Å²) in [5, 5.41) is 16.3. The Morgan fingerprint density at radius 1 is 1.19 bits per heavy atom. The number of rotatable bonds is 9. The molecule has 1 aromatic heterocycles. The van der Waals surface area contributed by atoms with Crippen LogP contribution < -0.4 is 21.1 Å². The summed E-state index contributed by atoms with van der Waals surface area (Å²) >= 11 is 5.28. The third kappa shape index (κ3) is 5.17. The molecule has 0 amide bonds. The van der Waals surface area contributed by atoms with Crippen molar-refractivity contribution >= 4 is 18.0 Å². The summed E-state index contributed by atoms with van der Waals surface area (Å²) in [6.07, 6.45) is -0.601. The largest absolute Gasteiger partial charge is 0.491 e. The highest BCUT2D eigenvalue weighted by Crippen LogP contribution is 2.12. The molecule has 0 bridgehead atoms. The summed E-state index contributed by atoms with van der Waals surface area (Å²) in [4.78, 5) is 12.1. The average Bonchev–Trinajstić information content (AvgIpc) is 2.66. The van der Waals surface area contributed by atoms with Gasteiger partial charge in [0.1, 0.15) is 28.9 Å². The summed E-state index contributed by atoms with van der Waals surface area (Å²) < 4.78 is 9.04. The van der Waals surface area contributed by atoms with Crippen molar-refractivity contribution in [2.75, 3.05) is 31.6 Å². The Hall–Kier alpha value is -2.16. The van der Waals surface area contributed by atoms with Gasteiger partial charge in [-0.2, -0.15) is 0 Å². The van der Waals surface area contributed by atoms with Gasteiger partial charge in [0.25, 0.3) is 0 Å². The third-order valence-corrected chi connectivity index (χ3v) is 4.63. The number of aromatic nitrogens is 2. The maximum absolute atomic E-state index is 12.1. The minimum absolute atomic E-state index is 0.162. The lowest BCUT2D eigenvalue weighted by molar-refractivity contribution is 0.107. The number of nitrogens with zero attached hydrogens (tertiary/aromatic N) is 2. The quantitative estimate of drug-likeness (QED) is 0.450. The maximum atomic E-state index is 12.1. The molecule has 0 aliphatic rings. The van der Waals surface area contributed by atoms with E-state index in [4.69, 9.17) is 17.0 Å². The first-order valence-corrected chi connectivity index (χ1v) is 8.89. The van der Waals surface area contributed by atoms with E-state index in [9.17, 15) is 9.90 Å². The molecule has 1 unspecified atom stereocenters. The Kier molecular flexibility index (Phi) is 7.38. The molecule has 142 valence electrons. The number of ether oxygens (including phenoxy) is 1. The molecule has 3 N–H and O–H groups in total. The Bertz CT molecular complexity index is 796. The highest BCUT2D eigenvalue weighted by Gasteiger charge is 2.09. The first-order chi connectivity index (χ1) is 12.4. The van der Waals surface area contributed by atoms with E-state index in [-0.39, 0.29) is 12.3 Å². The summed E-state index contributed by atoms with van der Waals surface area (Å²) in [5.74, 6) is 1.45. The lowest BCUT2D eigenvalue weighted by Gasteiger charge is -2.17. The van der Waals surface area contributed by atoms with Crippen LogP contribution in [0.1, 0.15) is 5.56 Å². The smallest absolute Gasteiger partial charge is 0.330 e. The topological polar surface area (TPSA) is 80.4 Å². The third-order valence-electron chi connectivity index (χ3n) is 4.05. The summed E-state index contributed by atoms with van der Waals surface area (Å²) in [6.45, 7) is 3.77. The Labute approximate surface area is 158 Å². The van der Waals surface area contributed by atoms with E-state index in [0.29, 0.717) is 30.1 Å². The predicted octanol–water partition coefficient (Wildman–Crippen LogP) is 1.20. The maximum Gasteiger partial charge on any atom is 0.330 e. The van der Waals surface area contributed by atoms with Gasteiger partial charge in [0.2, 0.25) is 0 Å². The Morgan fingerprint density at radius 2 is 1.88 bits per heavy atom. The number of aliphatic hydroxyl groups is 1. The van der Waals surface area contributed by atoms with Gasteiger partial charge in [0.15, 0.2) is 0 Å². The van der Waals surface area contributed by atoms with Gasteiger partial charge < -0.3 is 20.5 Å². The number of benzene rings is 1. The fraction of sp³-hybridized carbons (Fsp3) is 0.444. The van der Waals surface area contributed by atoms with E-state index in [2.05, 4.69) is 10.6 Å². The van der Waals surface area contributed by atoms with Crippen LogP contribution >= 0.6 is 12.2 Å². The highest BCUT2D eigenvalue weighted by molar-refractivity contribution is 7.71. The van der Waals surface area contributed by atoms with Crippen LogP contribution in [0.5, 0.6) is 5.75 Å². The van der Waals surface area contributed by atoms with Gasteiger partial charge in [-0.15, -0.1) is 0 Å². The molecule has 26 heavy (non-hydrogen) atoms. The van der Waals surface area contributed by atoms with Crippen LogP contribution in [0.3, 0.4) is 0 Å². The molecule has 0 aliphatic heterocycles. The highest BCUT2D eigenvalue weighted by atomic mass is 32.1. The summed E-state index contributed by atoms with van der Waals surface area (Å²) in [7, 11) is 3.38. The molecular weight excluding hydrogens is 352 g/mol. The molecule has 2 rings (SSSR count). The summed E-state index contributed by atoms with van der Waals surface area (Å²) in [6, 6.07) is 9.39. The van der Waals surface area contributed by atoms with Gasteiger partial charge in [-0.3, -0.25) is 9.13 Å². The van der Waals surface area contributed by atoms with E-state index >= 15 is 0 Å². The van der Waals surface area contributed by atoms with E-state index in [0.717, 1.165) is 11.3 Å². The molecule has 0 aliphatic carbocycles. The summed E-state index contributed by atoms with van der Waals surface area (Å²) in [5.41, 5.74) is 0.699. The number of hydrogen-bond acceptors (Lipinski definition) is 6. The van der Waals surface area contributed by atoms with Crippen molar-refractivity contribution in [1.82, 2.24) is 14.5 Å². The number of anilines is 1. The van der Waals surface area contributed by atoms with Gasteiger partial charge in [0, 0.05) is 39.3 Å². The van der Waals surface area contributed by atoms with Crippen LogP contribution in [-0.4, -0.2) is 46.6 Å². The van der Waals surface area contributed by atoms with Crippen molar-refractivity contribution in [1.29, 1.82) is 0 Å². The Balaban J connectivity index is 1.74. The lowest BCUT2D eigenvalue weighted by Crippen LogP contribution is -2.35. The van der Waals surface area contributed by atoms with Crippen LogP contribution in [-0.2, 0) is 14.1 Å². The SMILES string of the molecule is Cc1c(NCCNCC(O)COc2ccccc2)n(C)c(=O)n(C)c1=S. The van der Waals surface area contributed by atoms with Crippen LogP contribution in [0.4, 0.5) is 5.82 Å². The van der Waals surface area contributed by atoms with E-state index in [1.54, 1.807) is 18.7 Å². The normalized spacial score (nSPS) is 12.0. The zero-order chi connectivity index (χ0) is 19.1. The molecule has 7 nitrogen and oxygen atoms in total.